The monoisotopic (exact) mass is 382 g/mol. The van der Waals surface area contributed by atoms with Gasteiger partial charge in [-0.15, -0.1) is 0 Å². The van der Waals surface area contributed by atoms with E-state index >= 15 is 0 Å². The second kappa shape index (κ2) is 7.66. The van der Waals surface area contributed by atoms with E-state index < -0.39 is 11.6 Å². The Morgan fingerprint density at radius 1 is 1.17 bits per heavy atom. The van der Waals surface area contributed by atoms with E-state index in [1.807, 2.05) is 25.1 Å². The normalized spacial score (nSPS) is 12.0. The molecule has 0 heterocycles. The van der Waals surface area contributed by atoms with Crippen molar-refractivity contribution in [2.45, 2.75) is 19.9 Å². The number of carbonyl (C=O) groups excluding carboxylic acids is 1. The Balaban J connectivity index is 1.91. The number of hydrogen-bond donors (Lipinski definition) is 2. The Kier molecular flexibility index (Phi) is 5.85. The summed E-state index contributed by atoms with van der Waals surface area (Å²) >= 11 is 3.39. The van der Waals surface area contributed by atoms with Crippen LogP contribution in [-0.2, 0) is 4.79 Å². The van der Waals surface area contributed by atoms with Gasteiger partial charge >= 0.3 is 0 Å². The van der Waals surface area contributed by atoms with Crippen LogP contribution in [0, 0.1) is 18.6 Å². The molecule has 2 aromatic carbocycles. The fraction of sp³-hybridized carbons (Fsp3) is 0.235. The minimum Gasteiger partial charge on any atom is -0.324 e. The molecule has 0 spiro atoms. The summed E-state index contributed by atoms with van der Waals surface area (Å²) in [6.45, 7) is 3.80. The van der Waals surface area contributed by atoms with Crippen molar-refractivity contribution in [3.8, 4) is 0 Å². The van der Waals surface area contributed by atoms with Gasteiger partial charge in [0.15, 0.2) is 11.6 Å². The number of aryl methyl sites for hydroxylation is 1. The summed E-state index contributed by atoms with van der Waals surface area (Å²) in [6, 6.07) is 9.04. The van der Waals surface area contributed by atoms with Crippen LogP contribution in [0.1, 0.15) is 24.1 Å². The van der Waals surface area contributed by atoms with Gasteiger partial charge in [0, 0.05) is 10.5 Å². The molecule has 0 saturated carbocycles. The highest BCUT2D eigenvalue weighted by molar-refractivity contribution is 9.10. The Morgan fingerprint density at radius 3 is 2.57 bits per heavy atom. The number of nitrogens with one attached hydrogen (secondary N) is 2. The molecule has 0 aliphatic rings. The summed E-state index contributed by atoms with van der Waals surface area (Å²) < 4.78 is 26.9. The van der Waals surface area contributed by atoms with E-state index in [2.05, 4.69) is 26.6 Å². The lowest BCUT2D eigenvalue weighted by molar-refractivity contribution is -0.115. The van der Waals surface area contributed by atoms with Crippen LogP contribution >= 0.6 is 15.9 Å². The summed E-state index contributed by atoms with van der Waals surface area (Å²) in [5.74, 6) is -2.00. The zero-order valence-electron chi connectivity index (χ0n) is 12.8. The van der Waals surface area contributed by atoms with Gasteiger partial charge in [-0.1, -0.05) is 12.1 Å². The van der Waals surface area contributed by atoms with Gasteiger partial charge in [-0.25, -0.2) is 8.78 Å². The zero-order valence-corrected chi connectivity index (χ0v) is 14.4. The van der Waals surface area contributed by atoms with Crippen molar-refractivity contribution in [2.24, 2.45) is 0 Å². The van der Waals surface area contributed by atoms with Crippen LogP contribution < -0.4 is 10.6 Å². The number of carbonyl (C=O) groups is 1. The second-order valence-electron chi connectivity index (χ2n) is 5.31. The smallest absolute Gasteiger partial charge is 0.238 e. The van der Waals surface area contributed by atoms with Gasteiger partial charge in [0.2, 0.25) is 5.91 Å². The highest BCUT2D eigenvalue weighted by Crippen LogP contribution is 2.23. The molecular weight excluding hydrogens is 366 g/mol. The van der Waals surface area contributed by atoms with Gasteiger partial charge in [-0.05, 0) is 65.2 Å². The predicted molar refractivity (Wildman–Crippen MR) is 90.3 cm³/mol. The number of benzene rings is 2. The average Bonchev–Trinajstić information content (AvgIpc) is 2.50. The Bertz CT molecular complexity index is 722. The molecule has 23 heavy (non-hydrogen) atoms. The molecule has 0 saturated heterocycles. The van der Waals surface area contributed by atoms with Gasteiger partial charge in [0.1, 0.15) is 0 Å². The van der Waals surface area contributed by atoms with Gasteiger partial charge in [0.05, 0.1) is 12.2 Å². The molecule has 122 valence electrons. The average molecular weight is 383 g/mol. The molecule has 0 radical (unpaired) electrons. The SMILES string of the molecule is Cc1ccc(NC(=O)CN[C@H](C)c2ccc(F)c(F)c2)c(Br)c1. The van der Waals surface area contributed by atoms with Crippen molar-refractivity contribution >= 4 is 27.5 Å². The van der Waals surface area contributed by atoms with E-state index in [4.69, 9.17) is 0 Å². The first-order valence-electron chi connectivity index (χ1n) is 7.11. The first-order valence-corrected chi connectivity index (χ1v) is 7.90. The van der Waals surface area contributed by atoms with Crippen molar-refractivity contribution in [1.29, 1.82) is 0 Å². The largest absolute Gasteiger partial charge is 0.324 e. The summed E-state index contributed by atoms with van der Waals surface area (Å²) in [5, 5.41) is 5.76. The van der Waals surface area contributed by atoms with Crippen LogP contribution in [0.3, 0.4) is 0 Å². The van der Waals surface area contributed by atoms with Gasteiger partial charge in [0.25, 0.3) is 0 Å². The molecule has 3 nitrogen and oxygen atoms in total. The van der Waals surface area contributed by atoms with Crippen molar-refractivity contribution in [2.75, 3.05) is 11.9 Å². The molecule has 2 N–H and O–H groups in total. The van der Waals surface area contributed by atoms with Crippen molar-refractivity contribution in [3.63, 3.8) is 0 Å². The molecule has 1 amide bonds. The molecule has 0 aliphatic heterocycles. The van der Waals surface area contributed by atoms with E-state index in [0.717, 1.165) is 22.2 Å². The molecule has 0 unspecified atom stereocenters. The first-order chi connectivity index (χ1) is 10.9. The van der Waals surface area contributed by atoms with Crippen LogP contribution in [0.4, 0.5) is 14.5 Å². The molecule has 1 atom stereocenters. The van der Waals surface area contributed by atoms with E-state index in [1.54, 1.807) is 6.92 Å². The molecule has 0 bridgehead atoms. The predicted octanol–water partition coefficient (Wildman–Crippen LogP) is 4.33. The highest BCUT2D eigenvalue weighted by Gasteiger charge is 2.11. The number of hydrogen-bond acceptors (Lipinski definition) is 2. The minimum absolute atomic E-state index is 0.0560. The van der Waals surface area contributed by atoms with Crippen LogP contribution in [0.2, 0.25) is 0 Å². The fourth-order valence-corrected chi connectivity index (χ4v) is 2.65. The van der Waals surface area contributed by atoms with Gasteiger partial charge in [-0.2, -0.15) is 0 Å². The van der Waals surface area contributed by atoms with E-state index in [9.17, 15) is 13.6 Å². The lowest BCUT2D eigenvalue weighted by Gasteiger charge is -2.15. The van der Waals surface area contributed by atoms with Gasteiger partial charge < -0.3 is 10.6 Å². The summed E-state index contributed by atoms with van der Waals surface area (Å²) in [4.78, 5) is 12.0. The summed E-state index contributed by atoms with van der Waals surface area (Å²) in [5.41, 5.74) is 2.34. The number of amides is 1. The van der Waals surface area contributed by atoms with E-state index in [1.165, 1.54) is 6.07 Å². The molecule has 0 aliphatic carbocycles. The fourth-order valence-electron chi connectivity index (χ4n) is 2.06. The topological polar surface area (TPSA) is 41.1 Å². The van der Waals surface area contributed by atoms with Crippen LogP contribution in [-0.4, -0.2) is 12.5 Å². The zero-order chi connectivity index (χ0) is 17.0. The third-order valence-electron chi connectivity index (χ3n) is 3.41. The van der Waals surface area contributed by atoms with E-state index in [0.29, 0.717) is 11.3 Å². The second-order valence-corrected chi connectivity index (χ2v) is 6.16. The summed E-state index contributed by atoms with van der Waals surface area (Å²) in [7, 11) is 0. The van der Waals surface area contributed by atoms with Crippen LogP contribution in [0.15, 0.2) is 40.9 Å². The molecule has 2 aromatic rings. The van der Waals surface area contributed by atoms with Crippen LogP contribution in [0.25, 0.3) is 0 Å². The quantitative estimate of drug-likeness (QED) is 0.807. The minimum atomic E-state index is -0.899. The lowest BCUT2D eigenvalue weighted by atomic mass is 10.1. The Labute approximate surface area is 142 Å². The highest BCUT2D eigenvalue weighted by atomic mass is 79.9. The third kappa shape index (κ3) is 4.84. The molecule has 0 aromatic heterocycles. The maximum atomic E-state index is 13.2. The van der Waals surface area contributed by atoms with Gasteiger partial charge in [-0.3, -0.25) is 4.79 Å². The Hall–Kier alpha value is -1.79. The maximum absolute atomic E-state index is 13.2. The summed E-state index contributed by atoms with van der Waals surface area (Å²) in [6.07, 6.45) is 0. The molecule has 2 rings (SSSR count). The molecular formula is C17H17BrF2N2O. The van der Waals surface area contributed by atoms with Crippen molar-refractivity contribution in [1.82, 2.24) is 5.32 Å². The molecule has 6 heteroatoms. The standard InChI is InChI=1S/C17H17BrF2N2O/c1-10-3-6-16(13(18)7-10)22-17(23)9-21-11(2)12-4-5-14(19)15(20)8-12/h3-8,11,21H,9H2,1-2H3,(H,22,23)/t11-/m1/s1. The number of halogens is 3. The van der Waals surface area contributed by atoms with Crippen molar-refractivity contribution < 1.29 is 13.6 Å². The third-order valence-corrected chi connectivity index (χ3v) is 4.07. The van der Waals surface area contributed by atoms with E-state index in [-0.39, 0.29) is 18.5 Å². The molecule has 0 fully saturated rings. The number of anilines is 1. The Morgan fingerprint density at radius 2 is 1.91 bits per heavy atom. The number of rotatable bonds is 5. The van der Waals surface area contributed by atoms with Crippen molar-refractivity contribution in [3.05, 3.63) is 63.6 Å². The maximum Gasteiger partial charge on any atom is 0.238 e. The van der Waals surface area contributed by atoms with Crippen LogP contribution in [0.5, 0.6) is 0 Å². The first kappa shape index (κ1) is 17.6. The lowest BCUT2D eigenvalue weighted by Crippen LogP contribution is -2.30.